The second kappa shape index (κ2) is 9.58. The lowest BCUT2D eigenvalue weighted by Crippen LogP contribution is -2.20. The molecule has 3 aromatic rings. The zero-order valence-electron chi connectivity index (χ0n) is 18.7. The van der Waals surface area contributed by atoms with E-state index in [2.05, 4.69) is 16.1 Å². The summed E-state index contributed by atoms with van der Waals surface area (Å²) in [4.78, 5) is 32.5. The fourth-order valence-corrected chi connectivity index (χ4v) is 4.39. The van der Waals surface area contributed by atoms with E-state index in [0.717, 1.165) is 19.3 Å². The number of benzene rings is 1. The first-order valence-corrected chi connectivity index (χ1v) is 11.4. The van der Waals surface area contributed by atoms with Crippen LogP contribution >= 0.6 is 12.2 Å². The van der Waals surface area contributed by atoms with Crippen LogP contribution in [0.2, 0.25) is 0 Å². The minimum Gasteiger partial charge on any atom is -0.494 e. The Hall–Kier alpha value is -3.46. The summed E-state index contributed by atoms with van der Waals surface area (Å²) in [6, 6.07) is 9.24. The van der Waals surface area contributed by atoms with Crippen LogP contribution in [-0.2, 0) is 13.6 Å². The van der Waals surface area contributed by atoms with E-state index in [-0.39, 0.29) is 27.5 Å². The topological polar surface area (TPSA) is 97.3 Å². The number of H-pyrrole nitrogens is 1. The molecule has 0 radical (unpaired) electrons. The Morgan fingerprint density at radius 3 is 2.67 bits per heavy atom. The molecule has 0 spiro atoms. The number of allylic oxidation sites excluding steroid dienone is 2. The molecule has 1 aliphatic carbocycles. The summed E-state index contributed by atoms with van der Waals surface area (Å²) in [5, 5.41) is 10.8. The van der Waals surface area contributed by atoms with Gasteiger partial charge in [-0.1, -0.05) is 29.8 Å². The van der Waals surface area contributed by atoms with Crippen molar-refractivity contribution in [3.63, 3.8) is 0 Å². The monoisotopic (exact) mass is 465 g/mol. The van der Waals surface area contributed by atoms with E-state index in [9.17, 15) is 14.7 Å². The van der Waals surface area contributed by atoms with Crippen LogP contribution in [0.15, 0.2) is 56.6 Å². The van der Waals surface area contributed by atoms with Gasteiger partial charge in [0.25, 0.3) is 11.1 Å². The lowest BCUT2D eigenvalue weighted by molar-refractivity contribution is 0.402. The summed E-state index contributed by atoms with van der Waals surface area (Å²) in [6.07, 6.45) is 8.73. The highest BCUT2D eigenvalue weighted by Gasteiger charge is 2.17. The van der Waals surface area contributed by atoms with Gasteiger partial charge in [-0.25, -0.2) is 9.67 Å². The van der Waals surface area contributed by atoms with Gasteiger partial charge in [0.15, 0.2) is 10.5 Å². The molecule has 2 heterocycles. The van der Waals surface area contributed by atoms with Crippen LogP contribution in [-0.4, -0.2) is 30.2 Å². The highest BCUT2D eigenvalue weighted by atomic mass is 32.1. The van der Waals surface area contributed by atoms with Gasteiger partial charge in [0, 0.05) is 19.8 Å². The molecule has 0 saturated heterocycles. The predicted molar refractivity (Wildman–Crippen MR) is 132 cm³/mol. The van der Waals surface area contributed by atoms with Crippen molar-refractivity contribution in [1.82, 2.24) is 18.9 Å². The number of nitrogens with zero attached hydrogens (tertiary/aromatic N) is 4. The van der Waals surface area contributed by atoms with Crippen LogP contribution in [0.4, 0.5) is 5.69 Å². The minimum atomic E-state index is -0.550. The highest BCUT2D eigenvalue weighted by Crippen LogP contribution is 2.22. The number of nitrogens with one attached hydrogen (secondary N) is 1. The normalized spacial score (nSPS) is 14.1. The van der Waals surface area contributed by atoms with E-state index in [4.69, 9.17) is 12.2 Å². The van der Waals surface area contributed by atoms with Crippen LogP contribution in [0.1, 0.15) is 43.4 Å². The highest BCUT2D eigenvalue weighted by molar-refractivity contribution is 7.71. The van der Waals surface area contributed by atoms with Gasteiger partial charge >= 0.3 is 0 Å². The number of para-hydroxylation sites is 1. The molecule has 2 N–H and O–H groups in total. The number of rotatable bonds is 6. The molecule has 0 amide bonds. The van der Waals surface area contributed by atoms with E-state index in [1.807, 2.05) is 30.3 Å². The maximum atomic E-state index is 13.1. The van der Waals surface area contributed by atoms with Crippen LogP contribution in [0.3, 0.4) is 0 Å². The van der Waals surface area contributed by atoms with Crippen molar-refractivity contribution in [1.29, 1.82) is 0 Å². The number of aromatic amines is 1. The minimum absolute atomic E-state index is 0.0323. The first kappa shape index (κ1) is 22.7. The van der Waals surface area contributed by atoms with E-state index in [1.54, 1.807) is 18.7 Å². The van der Waals surface area contributed by atoms with Crippen LogP contribution < -0.4 is 11.1 Å². The smallest absolute Gasteiger partial charge is 0.297 e. The third-order valence-corrected chi connectivity index (χ3v) is 6.42. The first-order valence-electron chi connectivity index (χ1n) is 11.0. The molecule has 1 aromatic carbocycles. The molecule has 33 heavy (non-hydrogen) atoms. The Labute approximate surface area is 196 Å². The van der Waals surface area contributed by atoms with E-state index in [1.165, 1.54) is 33.9 Å². The summed E-state index contributed by atoms with van der Waals surface area (Å²) in [7, 11) is 1.77. The summed E-state index contributed by atoms with van der Waals surface area (Å²) in [5.41, 5.74) is 1.98. The lowest BCUT2D eigenvalue weighted by atomic mass is 9.97. The zero-order valence-corrected chi connectivity index (χ0v) is 19.6. The van der Waals surface area contributed by atoms with Gasteiger partial charge in [-0.15, -0.1) is 0 Å². The quantitative estimate of drug-likeness (QED) is 0.326. The molecule has 4 rings (SSSR count). The van der Waals surface area contributed by atoms with Crippen molar-refractivity contribution in [2.45, 2.75) is 45.6 Å². The first-order chi connectivity index (χ1) is 15.9. The molecule has 172 valence electrons. The molecular formula is C24H27N5O3S. The summed E-state index contributed by atoms with van der Waals surface area (Å²) >= 11 is 5.27. The molecule has 1 aliphatic rings. The lowest BCUT2D eigenvalue weighted by Gasteiger charge is -2.15. The van der Waals surface area contributed by atoms with Gasteiger partial charge in [-0.3, -0.25) is 23.8 Å². The maximum absolute atomic E-state index is 13.1. The van der Waals surface area contributed by atoms with Crippen molar-refractivity contribution in [2.24, 2.45) is 12.0 Å². The Bertz CT molecular complexity index is 1410. The third kappa shape index (κ3) is 4.54. The van der Waals surface area contributed by atoms with Crippen LogP contribution in [0, 0.1) is 11.7 Å². The molecule has 0 saturated carbocycles. The number of hydrogen-bond acceptors (Lipinski definition) is 5. The second-order valence-electron chi connectivity index (χ2n) is 8.17. The molecule has 0 atom stereocenters. The Morgan fingerprint density at radius 1 is 1.21 bits per heavy atom. The summed E-state index contributed by atoms with van der Waals surface area (Å²) in [5.74, 6) is -0.249. The number of aliphatic imine (C=N–C) groups is 1. The Kier molecular flexibility index (Phi) is 6.60. The average molecular weight is 466 g/mol. The van der Waals surface area contributed by atoms with E-state index < -0.39 is 5.56 Å². The SMILES string of the molecule is Cc1c(N=Cc2c(O)n(CCC3=CCCCC3)c(=S)[nH]c2=O)c(=O)n(-c2ccccc2)n1C. The molecule has 0 fully saturated rings. The molecule has 0 bridgehead atoms. The van der Waals surface area contributed by atoms with Crippen molar-refractivity contribution in [3.05, 3.63) is 78.7 Å². The molecule has 2 aromatic heterocycles. The Morgan fingerprint density at radius 2 is 1.97 bits per heavy atom. The molecule has 8 nitrogen and oxygen atoms in total. The average Bonchev–Trinajstić information content (AvgIpc) is 3.02. The number of aromatic nitrogens is 4. The fourth-order valence-electron chi connectivity index (χ4n) is 4.12. The van der Waals surface area contributed by atoms with Crippen LogP contribution in [0.5, 0.6) is 5.88 Å². The van der Waals surface area contributed by atoms with Crippen molar-refractivity contribution in [3.8, 4) is 11.6 Å². The van der Waals surface area contributed by atoms with Crippen LogP contribution in [0.25, 0.3) is 5.69 Å². The maximum Gasteiger partial charge on any atom is 0.297 e. The predicted octanol–water partition coefficient (Wildman–Crippen LogP) is 4.05. The van der Waals surface area contributed by atoms with Gasteiger partial charge in [0.1, 0.15) is 5.56 Å². The fraction of sp³-hybridized carbons (Fsp3) is 0.333. The summed E-state index contributed by atoms with van der Waals surface area (Å²) in [6.45, 7) is 2.24. The molecule has 0 aliphatic heterocycles. The molecule has 9 heteroatoms. The zero-order chi connectivity index (χ0) is 23.5. The van der Waals surface area contributed by atoms with Gasteiger partial charge in [0.2, 0.25) is 5.88 Å². The standard InChI is InChI=1S/C24H27N5O3S/c1-16-20(23(32)29(27(16)2)18-11-7-4-8-12-18)25-15-19-21(30)26-24(33)28(22(19)31)14-13-17-9-5-3-6-10-17/h4,7-9,11-12,15,31H,3,5-6,10,13-14H2,1-2H3,(H,26,30,33). The van der Waals surface area contributed by atoms with Gasteiger partial charge in [0.05, 0.1) is 11.4 Å². The number of hydrogen-bond donors (Lipinski definition) is 2. The number of aromatic hydroxyl groups is 1. The second-order valence-corrected chi connectivity index (χ2v) is 8.56. The van der Waals surface area contributed by atoms with Crippen molar-refractivity contribution in [2.75, 3.05) is 0 Å². The van der Waals surface area contributed by atoms with Gasteiger partial charge < -0.3 is 5.11 Å². The van der Waals surface area contributed by atoms with E-state index in [0.29, 0.717) is 17.9 Å². The molecule has 0 unspecified atom stereocenters. The van der Waals surface area contributed by atoms with Crippen molar-refractivity contribution >= 4 is 24.1 Å². The largest absolute Gasteiger partial charge is 0.494 e. The molecular weight excluding hydrogens is 438 g/mol. The Balaban J connectivity index is 1.69. The summed E-state index contributed by atoms with van der Waals surface area (Å²) < 4.78 is 4.89. The van der Waals surface area contributed by atoms with E-state index >= 15 is 0 Å². The van der Waals surface area contributed by atoms with Crippen molar-refractivity contribution < 1.29 is 5.11 Å². The van der Waals surface area contributed by atoms with Gasteiger partial charge in [-0.2, -0.15) is 0 Å². The third-order valence-electron chi connectivity index (χ3n) is 6.09. The van der Waals surface area contributed by atoms with Gasteiger partial charge in [-0.05, 0) is 63.4 Å².